The summed E-state index contributed by atoms with van der Waals surface area (Å²) < 4.78 is 14.0. The van der Waals surface area contributed by atoms with E-state index < -0.39 is 0 Å². The van der Waals surface area contributed by atoms with Crippen molar-refractivity contribution in [2.75, 3.05) is 18.9 Å². The molecule has 2 rings (SSSR count). The van der Waals surface area contributed by atoms with E-state index in [0.29, 0.717) is 0 Å². The highest BCUT2D eigenvalue weighted by Gasteiger charge is 2.09. The van der Waals surface area contributed by atoms with Gasteiger partial charge in [0.05, 0.1) is 19.9 Å². The Morgan fingerprint density at radius 1 is 1.00 bits per heavy atom. The zero-order chi connectivity index (χ0) is 13.7. The molecule has 2 aromatic rings. The summed E-state index contributed by atoms with van der Waals surface area (Å²) >= 11 is 1.55. The second-order valence-corrected chi connectivity index (χ2v) is 4.92. The molecule has 0 saturated heterocycles. The van der Waals surface area contributed by atoms with E-state index >= 15 is 0 Å². The molecule has 3 nitrogen and oxygen atoms in total. The van der Waals surface area contributed by atoms with Crippen LogP contribution in [0.5, 0.6) is 11.5 Å². The van der Waals surface area contributed by atoms with Gasteiger partial charge >= 0.3 is 0 Å². The predicted molar refractivity (Wildman–Crippen MR) is 80.2 cm³/mol. The summed E-state index contributed by atoms with van der Waals surface area (Å²) in [6.45, 7) is 2.00. The van der Waals surface area contributed by atoms with Gasteiger partial charge in [-0.1, -0.05) is 18.2 Å². The monoisotopic (exact) mass is 275 g/mol. The quantitative estimate of drug-likeness (QED) is 0.831. The van der Waals surface area contributed by atoms with Crippen molar-refractivity contribution in [1.29, 1.82) is 0 Å². The summed E-state index contributed by atoms with van der Waals surface area (Å²) in [7, 11) is 3.34. The van der Waals surface area contributed by atoms with Gasteiger partial charge in [0.15, 0.2) is 0 Å². The maximum absolute atomic E-state index is 5.43. The van der Waals surface area contributed by atoms with Crippen LogP contribution >= 0.6 is 11.9 Å². The fourth-order valence-corrected chi connectivity index (χ4v) is 2.48. The smallest absolute Gasteiger partial charge is 0.145 e. The van der Waals surface area contributed by atoms with Crippen molar-refractivity contribution in [3.05, 3.63) is 48.0 Å². The molecule has 0 aromatic heterocycles. The maximum atomic E-state index is 5.43. The van der Waals surface area contributed by atoms with E-state index in [1.165, 1.54) is 0 Å². The van der Waals surface area contributed by atoms with Crippen LogP contribution in [-0.2, 0) is 0 Å². The molecule has 0 radical (unpaired) electrons. The number of aryl methyl sites for hydroxylation is 1. The Morgan fingerprint density at radius 3 is 2.37 bits per heavy atom. The number of anilines is 1. The molecule has 0 spiro atoms. The Hall–Kier alpha value is -1.81. The first-order chi connectivity index (χ1) is 9.24. The number of rotatable bonds is 5. The zero-order valence-corrected chi connectivity index (χ0v) is 12.1. The number of hydrogen-bond acceptors (Lipinski definition) is 4. The van der Waals surface area contributed by atoms with Gasteiger partial charge in [0.25, 0.3) is 0 Å². The van der Waals surface area contributed by atoms with Crippen LogP contribution in [-0.4, -0.2) is 14.2 Å². The molecule has 0 saturated carbocycles. The summed E-state index contributed by atoms with van der Waals surface area (Å²) in [6, 6.07) is 14.0. The predicted octanol–water partition coefficient (Wildman–Crippen LogP) is 4.13. The zero-order valence-electron chi connectivity index (χ0n) is 11.3. The van der Waals surface area contributed by atoms with Gasteiger partial charge in [-0.15, -0.1) is 0 Å². The minimum absolute atomic E-state index is 0.814. The largest absolute Gasteiger partial charge is 0.497 e. The van der Waals surface area contributed by atoms with Crippen molar-refractivity contribution in [1.82, 2.24) is 0 Å². The van der Waals surface area contributed by atoms with E-state index in [9.17, 15) is 0 Å². The third kappa shape index (κ3) is 3.35. The van der Waals surface area contributed by atoms with Crippen LogP contribution in [0.25, 0.3) is 0 Å². The Bertz CT molecular complexity index is 543. The fraction of sp³-hybridized carbons (Fsp3) is 0.200. The molecule has 0 aliphatic carbocycles. The van der Waals surface area contributed by atoms with Crippen molar-refractivity contribution in [2.45, 2.75) is 11.8 Å². The highest BCUT2D eigenvalue weighted by molar-refractivity contribution is 8.00. The van der Waals surface area contributed by atoms with E-state index in [2.05, 4.69) is 16.9 Å². The molecular formula is C15H17NO2S. The first-order valence-corrected chi connectivity index (χ1v) is 6.76. The molecule has 4 heteroatoms. The minimum atomic E-state index is 0.814. The first-order valence-electron chi connectivity index (χ1n) is 5.95. The minimum Gasteiger partial charge on any atom is -0.497 e. The van der Waals surface area contributed by atoms with Crippen LogP contribution in [0.1, 0.15) is 5.56 Å². The van der Waals surface area contributed by atoms with Gasteiger partial charge in [0.2, 0.25) is 0 Å². The van der Waals surface area contributed by atoms with Crippen molar-refractivity contribution < 1.29 is 9.47 Å². The molecule has 0 aliphatic rings. The number of nitrogens with one attached hydrogen (secondary N) is 1. The van der Waals surface area contributed by atoms with Gasteiger partial charge in [0.1, 0.15) is 11.5 Å². The van der Waals surface area contributed by atoms with Crippen LogP contribution in [0.2, 0.25) is 0 Å². The third-order valence-corrected chi connectivity index (χ3v) is 3.54. The van der Waals surface area contributed by atoms with E-state index in [0.717, 1.165) is 27.6 Å². The number of methoxy groups -OCH3 is 2. The molecule has 2 aromatic carbocycles. The Balaban J connectivity index is 2.21. The average Bonchev–Trinajstić information content (AvgIpc) is 2.45. The fourth-order valence-electron chi connectivity index (χ4n) is 1.81. The number of ether oxygens (including phenoxy) is 2. The molecule has 1 N–H and O–H groups in total. The lowest BCUT2D eigenvalue weighted by Gasteiger charge is -2.14. The van der Waals surface area contributed by atoms with Gasteiger partial charge < -0.3 is 14.2 Å². The van der Waals surface area contributed by atoms with Crippen molar-refractivity contribution >= 4 is 17.6 Å². The second kappa shape index (κ2) is 6.38. The average molecular weight is 275 g/mol. The van der Waals surface area contributed by atoms with Crippen LogP contribution in [0, 0.1) is 6.92 Å². The lowest BCUT2D eigenvalue weighted by atomic mass is 10.2. The highest BCUT2D eigenvalue weighted by Crippen LogP contribution is 2.35. The SMILES string of the molecule is COc1cc(C)c(OC)c(NSc2ccccc2)c1. The summed E-state index contributed by atoms with van der Waals surface area (Å²) in [5.41, 5.74) is 1.95. The Morgan fingerprint density at radius 2 is 1.74 bits per heavy atom. The maximum Gasteiger partial charge on any atom is 0.145 e. The standard InChI is InChI=1S/C15H17NO2S/c1-11-9-12(17-2)10-14(15(11)18-3)16-19-13-7-5-4-6-8-13/h4-10,16H,1-3H3. The topological polar surface area (TPSA) is 30.5 Å². The number of hydrogen-bond donors (Lipinski definition) is 1. The number of benzene rings is 2. The van der Waals surface area contributed by atoms with Crippen molar-refractivity contribution in [3.8, 4) is 11.5 Å². The summed E-state index contributed by atoms with van der Waals surface area (Å²) in [4.78, 5) is 1.14. The lowest BCUT2D eigenvalue weighted by Crippen LogP contribution is -1.96. The molecule has 0 bridgehead atoms. The molecule has 0 heterocycles. The summed E-state index contributed by atoms with van der Waals surface area (Å²) in [5.74, 6) is 1.65. The molecule has 100 valence electrons. The molecule has 0 unspecified atom stereocenters. The van der Waals surface area contributed by atoms with Crippen LogP contribution in [0.15, 0.2) is 47.4 Å². The van der Waals surface area contributed by atoms with Crippen LogP contribution in [0.3, 0.4) is 0 Å². The molecular weight excluding hydrogens is 258 g/mol. The van der Waals surface area contributed by atoms with Crippen molar-refractivity contribution in [2.24, 2.45) is 0 Å². The van der Waals surface area contributed by atoms with E-state index in [1.54, 1.807) is 26.2 Å². The first kappa shape index (κ1) is 13.6. The molecule has 19 heavy (non-hydrogen) atoms. The summed E-state index contributed by atoms with van der Waals surface area (Å²) in [5, 5.41) is 0. The summed E-state index contributed by atoms with van der Waals surface area (Å²) in [6.07, 6.45) is 0. The van der Waals surface area contributed by atoms with Gasteiger partial charge in [0, 0.05) is 11.0 Å². The third-order valence-electron chi connectivity index (χ3n) is 2.71. The second-order valence-electron chi connectivity index (χ2n) is 4.04. The molecule has 0 amide bonds. The highest BCUT2D eigenvalue weighted by atomic mass is 32.2. The van der Waals surface area contributed by atoms with E-state index in [4.69, 9.17) is 9.47 Å². The lowest BCUT2D eigenvalue weighted by molar-refractivity contribution is 0.402. The van der Waals surface area contributed by atoms with Crippen molar-refractivity contribution in [3.63, 3.8) is 0 Å². The van der Waals surface area contributed by atoms with E-state index in [1.807, 2.05) is 37.3 Å². The Labute approximate surface area is 118 Å². The van der Waals surface area contributed by atoms with Gasteiger partial charge in [-0.3, -0.25) is 0 Å². The van der Waals surface area contributed by atoms with E-state index in [-0.39, 0.29) is 0 Å². The van der Waals surface area contributed by atoms with Gasteiger partial charge in [-0.2, -0.15) is 0 Å². The molecule has 0 atom stereocenters. The van der Waals surface area contributed by atoms with Crippen LogP contribution in [0.4, 0.5) is 5.69 Å². The van der Waals surface area contributed by atoms with Crippen LogP contribution < -0.4 is 14.2 Å². The van der Waals surface area contributed by atoms with Gasteiger partial charge in [-0.05, 0) is 42.6 Å². The Kier molecular flexibility index (Phi) is 4.58. The normalized spacial score (nSPS) is 10.1. The molecule has 0 fully saturated rings. The molecule has 0 aliphatic heterocycles. The van der Waals surface area contributed by atoms with Gasteiger partial charge in [-0.25, -0.2) is 0 Å².